The van der Waals surface area contributed by atoms with Gasteiger partial charge in [-0.15, -0.1) is 0 Å². The molecule has 170 valence electrons. The molecule has 8 nitrogen and oxygen atoms in total. The third-order valence-corrected chi connectivity index (χ3v) is 4.80. The molecule has 0 fully saturated rings. The smallest absolute Gasteiger partial charge is 0.417 e. The third-order valence-electron chi connectivity index (χ3n) is 4.06. The Labute approximate surface area is 186 Å². The van der Waals surface area contributed by atoms with Crippen molar-refractivity contribution in [3.8, 4) is 16.5 Å². The van der Waals surface area contributed by atoms with Crippen LogP contribution >= 0.6 is 11.5 Å². The van der Waals surface area contributed by atoms with Crippen LogP contribution in [0.15, 0.2) is 30.6 Å². The van der Waals surface area contributed by atoms with Crippen LogP contribution in [0, 0.1) is 0 Å². The van der Waals surface area contributed by atoms with Gasteiger partial charge in [-0.2, -0.15) is 22.5 Å². The van der Waals surface area contributed by atoms with Crippen molar-refractivity contribution >= 4 is 34.9 Å². The number of halogens is 3. The van der Waals surface area contributed by atoms with Crippen molar-refractivity contribution in [1.29, 1.82) is 0 Å². The lowest BCUT2D eigenvalue weighted by molar-refractivity contribution is -0.137. The molecular formula is C20H21F3N6O2S. The second-order valence-electron chi connectivity index (χ2n) is 7.81. The predicted molar refractivity (Wildman–Crippen MR) is 115 cm³/mol. The molecule has 0 atom stereocenters. The summed E-state index contributed by atoms with van der Waals surface area (Å²) in [4.78, 5) is 25.3. The van der Waals surface area contributed by atoms with E-state index in [9.17, 15) is 18.0 Å². The molecule has 32 heavy (non-hydrogen) atoms. The van der Waals surface area contributed by atoms with Crippen LogP contribution in [0.5, 0.6) is 5.75 Å². The van der Waals surface area contributed by atoms with Crippen molar-refractivity contribution in [3.63, 3.8) is 0 Å². The van der Waals surface area contributed by atoms with Gasteiger partial charge in [0.15, 0.2) is 10.8 Å². The second-order valence-corrected chi connectivity index (χ2v) is 8.56. The van der Waals surface area contributed by atoms with Crippen molar-refractivity contribution in [2.45, 2.75) is 39.5 Å². The molecule has 0 aliphatic heterocycles. The largest absolute Gasteiger partial charge is 0.487 e. The van der Waals surface area contributed by atoms with Gasteiger partial charge in [-0.1, -0.05) is 0 Å². The van der Waals surface area contributed by atoms with Crippen LogP contribution in [0.3, 0.4) is 0 Å². The van der Waals surface area contributed by atoms with E-state index >= 15 is 0 Å². The molecular weight excluding hydrogens is 445 g/mol. The number of rotatable bonds is 5. The molecule has 0 bridgehead atoms. The number of pyridine rings is 2. The van der Waals surface area contributed by atoms with Crippen LogP contribution in [0.25, 0.3) is 10.7 Å². The Bertz CT molecular complexity index is 1110. The van der Waals surface area contributed by atoms with Gasteiger partial charge in [0.05, 0.1) is 17.4 Å². The molecule has 0 unspecified atom stereocenters. The fraction of sp³-hybridized carbons (Fsp3) is 0.350. The average molecular weight is 466 g/mol. The molecule has 0 aromatic carbocycles. The number of alkyl halides is 3. The first-order valence-corrected chi connectivity index (χ1v) is 10.2. The number of hydrogen-bond acceptors (Lipinski definition) is 8. The maximum Gasteiger partial charge on any atom is 0.417 e. The molecule has 0 radical (unpaired) electrons. The molecule has 3 aromatic heterocycles. The number of nitrogens with one attached hydrogen (secondary N) is 1. The minimum absolute atomic E-state index is 0.0157. The molecule has 3 heterocycles. The quantitative estimate of drug-likeness (QED) is 0.571. The fourth-order valence-corrected chi connectivity index (χ4v) is 3.14. The highest BCUT2D eigenvalue weighted by molar-refractivity contribution is 7.09. The van der Waals surface area contributed by atoms with E-state index in [0.29, 0.717) is 22.6 Å². The third kappa shape index (κ3) is 5.69. The first-order valence-electron chi connectivity index (χ1n) is 9.41. The fourth-order valence-electron chi connectivity index (χ4n) is 2.53. The Hall–Kier alpha value is -3.28. The lowest BCUT2D eigenvalue weighted by Gasteiger charge is -2.20. The molecule has 12 heteroatoms. The highest BCUT2D eigenvalue weighted by Gasteiger charge is 2.32. The molecule has 0 spiro atoms. The lowest BCUT2D eigenvalue weighted by atomic mass is 10.2. The van der Waals surface area contributed by atoms with E-state index in [2.05, 4.69) is 24.6 Å². The van der Waals surface area contributed by atoms with Crippen LogP contribution in [0.1, 0.15) is 33.3 Å². The Balaban J connectivity index is 1.85. The minimum atomic E-state index is -4.60. The maximum absolute atomic E-state index is 13.1. The highest BCUT2D eigenvalue weighted by atomic mass is 32.1. The van der Waals surface area contributed by atoms with Gasteiger partial charge in [-0.25, -0.2) is 9.97 Å². The van der Waals surface area contributed by atoms with Crippen LogP contribution in [-0.2, 0) is 11.0 Å². The SMILES string of the molecule is CC(=O)N(C)c1cc(C(F)(F)F)cnc1Nc1nsc(-c2ccc(OC(C)(C)C)cn2)n1. The summed E-state index contributed by atoms with van der Waals surface area (Å²) < 4.78 is 49.2. The first kappa shape index (κ1) is 23.4. The summed E-state index contributed by atoms with van der Waals surface area (Å²) in [5, 5.41) is 3.27. The standard InChI is InChI=1S/C20H21F3N6O2S/c1-11(30)29(5)15-8-12(20(21,22)23)9-25-16(15)26-18-27-17(32-28-18)14-7-6-13(10-24-14)31-19(2,3)4/h6-10H,1-5H3,(H,25,26,28). The zero-order valence-corrected chi connectivity index (χ0v) is 18.8. The van der Waals surface area contributed by atoms with E-state index in [1.54, 1.807) is 18.3 Å². The van der Waals surface area contributed by atoms with Gasteiger partial charge in [-0.05, 0) is 50.5 Å². The number of carbonyl (C=O) groups is 1. The summed E-state index contributed by atoms with van der Waals surface area (Å²) in [5.74, 6) is 0.284. The zero-order chi connectivity index (χ0) is 23.7. The van der Waals surface area contributed by atoms with Gasteiger partial charge in [0.1, 0.15) is 17.0 Å². The lowest BCUT2D eigenvalue weighted by Crippen LogP contribution is -2.25. The van der Waals surface area contributed by atoms with Gasteiger partial charge in [-0.3, -0.25) is 4.79 Å². The minimum Gasteiger partial charge on any atom is -0.487 e. The van der Waals surface area contributed by atoms with Crippen molar-refractivity contribution in [2.24, 2.45) is 0 Å². The van der Waals surface area contributed by atoms with Gasteiger partial charge in [0.2, 0.25) is 11.9 Å². The molecule has 1 N–H and O–H groups in total. The zero-order valence-electron chi connectivity index (χ0n) is 18.0. The molecule has 0 saturated heterocycles. The summed E-state index contributed by atoms with van der Waals surface area (Å²) in [6.45, 7) is 7.02. The van der Waals surface area contributed by atoms with Gasteiger partial charge >= 0.3 is 6.18 Å². The van der Waals surface area contributed by atoms with Crippen LogP contribution < -0.4 is 15.0 Å². The van der Waals surface area contributed by atoms with Crippen molar-refractivity contribution in [1.82, 2.24) is 19.3 Å². The van der Waals surface area contributed by atoms with E-state index in [0.717, 1.165) is 22.5 Å². The molecule has 3 aromatic rings. The highest BCUT2D eigenvalue weighted by Crippen LogP contribution is 2.35. The summed E-state index contributed by atoms with van der Waals surface area (Å²) in [6.07, 6.45) is -2.34. The average Bonchev–Trinajstić information content (AvgIpc) is 3.14. The first-order chi connectivity index (χ1) is 14.8. The number of hydrogen-bond donors (Lipinski definition) is 1. The predicted octanol–water partition coefficient (Wildman–Crippen LogP) is 4.92. The molecule has 0 saturated carbocycles. The molecule has 0 aliphatic rings. The van der Waals surface area contributed by atoms with E-state index in [1.165, 1.54) is 14.0 Å². The monoisotopic (exact) mass is 466 g/mol. The Kier molecular flexibility index (Phi) is 6.35. The van der Waals surface area contributed by atoms with Crippen molar-refractivity contribution in [2.75, 3.05) is 17.3 Å². The van der Waals surface area contributed by atoms with Crippen LogP contribution in [0.2, 0.25) is 0 Å². The number of carbonyl (C=O) groups excluding carboxylic acids is 1. The second kappa shape index (κ2) is 8.69. The van der Waals surface area contributed by atoms with E-state index < -0.39 is 17.6 Å². The number of anilines is 3. The van der Waals surface area contributed by atoms with E-state index in [-0.39, 0.29) is 23.1 Å². The summed E-state index contributed by atoms with van der Waals surface area (Å²) in [5.41, 5.74) is -0.828. The Morgan fingerprint density at radius 3 is 2.44 bits per heavy atom. The van der Waals surface area contributed by atoms with E-state index in [4.69, 9.17) is 4.74 Å². The van der Waals surface area contributed by atoms with E-state index in [1.807, 2.05) is 20.8 Å². The maximum atomic E-state index is 13.1. The number of ether oxygens (including phenoxy) is 1. The van der Waals surface area contributed by atoms with Crippen LogP contribution in [-0.4, -0.2) is 37.9 Å². The molecule has 0 aliphatic carbocycles. The normalized spacial score (nSPS) is 11.9. The Morgan fingerprint density at radius 1 is 1.16 bits per heavy atom. The van der Waals surface area contributed by atoms with Gasteiger partial charge in [0.25, 0.3) is 0 Å². The molecule has 3 rings (SSSR count). The number of amides is 1. The summed E-state index contributed by atoms with van der Waals surface area (Å²) in [6, 6.07) is 4.34. The summed E-state index contributed by atoms with van der Waals surface area (Å²) >= 11 is 1.05. The van der Waals surface area contributed by atoms with Gasteiger partial charge in [0, 0.05) is 20.2 Å². The Morgan fingerprint density at radius 2 is 1.88 bits per heavy atom. The summed E-state index contributed by atoms with van der Waals surface area (Å²) in [7, 11) is 1.36. The van der Waals surface area contributed by atoms with Crippen molar-refractivity contribution in [3.05, 3.63) is 36.2 Å². The van der Waals surface area contributed by atoms with Crippen molar-refractivity contribution < 1.29 is 22.7 Å². The number of nitrogens with zero attached hydrogens (tertiary/aromatic N) is 5. The molecule has 1 amide bonds. The topological polar surface area (TPSA) is 93.1 Å². The van der Waals surface area contributed by atoms with Gasteiger partial charge < -0.3 is 15.0 Å². The number of aromatic nitrogens is 4. The van der Waals surface area contributed by atoms with Crippen LogP contribution in [0.4, 0.5) is 30.6 Å².